The third kappa shape index (κ3) is 5.34. The van der Waals surface area contributed by atoms with Gasteiger partial charge in [0.25, 0.3) is 0 Å². The van der Waals surface area contributed by atoms with Crippen LogP contribution in [0.15, 0.2) is 34.9 Å². The molecule has 7 heteroatoms. The van der Waals surface area contributed by atoms with E-state index in [1.54, 1.807) is 4.90 Å². The van der Waals surface area contributed by atoms with Crippen molar-refractivity contribution < 1.29 is 14.1 Å². The number of aryl methyl sites for hydroxylation is 2. The van der Waals surface area contributed by atoms with Gasteiger partial charge in [-0.15, -0.1) is 0 Å². The normalized spacial score (nSPS) is 14.7. The number of carbonyl (C=O) groups excluding carboxylic acids is 2. The molecule has 0 spiro atoms. The molecule has 0 unspecified atom stereocenters. The van der Waals surface area contributed by atoms with Crippen LogP contribution in [-0.2, 0) is 24.3 Å². The van der Waals surface area contributed by atoms with Crippen molar-refractivity contribution in [2.24, 2.45) is 5.92 Å². The largest absolute Gasteiger partial charge is 0.359 e. The number of amides is 3. The Hall–Kier alpha value is -2.83. The summed E-state index contributed by atoms with van der Waals surface area (Å²) in [5, 5.41) is 9.78. The van der Waals surface area contributed by atoms with E-state index in [0.29, 0.717) is 44.8 Å². The summed E-state index contributed by atoms with van der Waals surface area (Å²) in [5.41, 5.74) is 3.17. The van der Waals surface area contributed by atoms with Crippen molar-refractivity contribution in [3.05, 3.63) is 52.9 Å². The van der Waals surface area contributed by atoms with E-state index in [0.717, 1.165) is 17.7 Å². The number of carbonyl (C=O) groups is 2. The minimum absolute atomic E-state index is 0.0455. The van der Waals surface area contributed by atoms with Crippen LogP contribution in [0.4, 0.5) is 4.79 Å². The van der Waals surface area contributed by atoms with Crippen molar-refractivity contribution in [3.63, 3.8) is 0 Å². The second kappa shape index (κ2) is 9.39. The summed E-state index contributed by atoms with van der Waals surface area (Å²) in [6, 6.07) is 9.86. The number of nitrogens with one attached hydrogen (secondary N) is 2. The van der Waals surface area contributed by atoms with Gasteiger partial charge in [-0.1, -0.05) is 41.9 Å². The number of piperidine rings is 1. The quantitative estimate of drug-likeness (QED) is 0.802. The first kappa shape index (κ1) is 19.9. The summed E-state index contributed by atoms with van der Waals surface area (Å²) in [5.74, 6) is 0.667. The van der Waals surface area contributed by atoms with Crippen LogP contribution in [0.1, 0.15) is 42.3 Å². The van der Waals surface area contributed by atoms with Crippen LogP contribution in [0.3, 0.4) is 0 Å². The minimum atomic E-state index is -0.132. The molecule has 0 atom stereocenters. The molecule has 7 nitrogen and oxygen atoms in total. The van der Waals surface area contributed by atoms with Crippen molar-refractivity contribution in [2.75, 3.05) is 13.1 Å². The highest BCUT2D eigenvalue weighted by Crippen LogP contribution is 2.18. The molecule has 2 heterocycles. The minimum Gasteiger partial charge on any atom is -0.359 e. The van der Waals surface area contributed by atoms with E-state index in [1.807, 2.05) is 44.2 Å². The number of hydrogen-bond donors (Lipinski definition) is 2. The Kier molecular flexibility index (Phi) is 6.68. The number of hydrogen-bond acceptors (Lipinski definition) is 4. The van der Waals surface area contributed by atoms with Crippen molar-refractivity contribution in [3.8, 4) is 0 Å². The summed E-state index contributed by atoms with van der Waals surface area (Å²) < 4.78 is 5.18. The summed E-state index contributed by atoms with van der Waals surface area (Å²) in [6.07, 6.45) is 2.15. The van der Waals surface area contributed by atoms with Gasteiger partial charge in [0.2, 0.25) is 5.91 Å². The van der Waals surface area contributed by atoms with E-state index < -0.39 is 0 Å². The second-order valence-corrected chi connectivity index (χ2v) is 7.26. The van der Waals surface area contributed by atoms with Crippen LogP contribution in [0.5, 0.6) is 0 Å². The molecule has 3 rings (SSSR count). The van der Waals surface area contributed by atoms with Crippen LogP contribution < -0.4 is 10.6 Å². The van der Waals surface area contributed by atoms with Crippen LogP contribution in [0.25, 0.3) is 0 Å². The fourth-order valence-corrected chi connectivity index (χ4v) is 3.26. The smallest absolute Gasteiger partial charge is 0.317 e. The summed E-state index contributed by atoms with van der Waals surface area (Å²) >= 11 is 0. The topological polar surface area (TPSA) is 87.5 Å². The molecular formula is C21H28N4O3. The highest BCUT2D eigenvalue weighted by atomic mass is 16.5. The number of rotatable bonds is 6. The number of aromatic nitrogens is 1. The van der Waals surface area contributed by atoms with Crippen LogP contribution >= 0.6 is 0 Å². The Morgan fingerprint density at radius 3 is 2.50 bits per heavy atom. The Labute approximate surface area is 165 Å². The first-order valence-corrected chi connectivity index (χ1v) is 9.85. The molecule has 150 valence electrons. The molecule has 1 aromatic heterocycles. The van der Waals surface area contributed by atoms with Crippen LogP contribution in [0, 0.1) is 12.8 Å². The van der Waals surface area contributed by atoms with Gasteiger partial charge in [-0.05, 0) is 31.7 Å². The molecule has 1 saturated heterocycles. The predicted octanol–water partition coefficient (Wildman–Crippen LogP) is 2.78. The van der Waals surface area contributed by atoms with Crippen molar-refractivity contribution >= 4 is 11.9 Å². The van der Waals surface area contributed by atoms with Gasteiger partial charge in [0.05, 0.1) is 12.2 Å². The van der Waals surface area contributed by atoms with Gasteiger partial charge in [0.1, 0.15) is 0 Å². The molecule has 1 aliphatic rings. The van der Waals surface area contributed by atoms with Crippen molar-refractivity contribution in [1.82, 2.24) is 20.7 Å². The predicted molar refractivity (Wildman–Crippen MR) is 105 cm³/mol. The van der Waals surface area contributed by atoms with E-state index in [4.69, 9.17) is 4.52 Å². The number of nitrogens with zero attached hydrogens (tertiary/aromatic N) is 2. The number of benzene rings is 1. The van der Waals surface area contributed by atoms with Gasteiger partial charge in [0, 0.05) is 31.6 Å². The zero-order valence-corrected chi connectivity index (χ0v) is 16.5. The fourth-order valence-electron chi connectivity index (χ4n) is 3.26. The summed E-state index contributed by atoms with van der Waals surface area (Å²) in [7, 11) is 0. The summed E-state index contributed by atoms with van der Waals surface area (Å²) in [6.45, 7) is 6.05. The SMILES string of the molecule is CCc1cc(CNC(=O)N2CCC(C(=O)NCc3ccc(C)cc3)CC2)on1. The Bertz CT molecular complexity index is 792. The van der Waals surface area contributed by atoms with Gasteiger partial charge in [0.15, 0.2) is 5.76 Å². The maximum atomic E-state index is 12.4. The molecule has 2 aromatic rings. The van der Waals surface area contributed by atoms with Gasteiger partial charge >= 0.3 is 6.03 Å². The maximum absolute atomic E-state index is 12.4. The third-order valence-electron chi connectivity index (χ3n) is 5.12. The lowest BCUT2D eigenvalue weighted by Crippen LogP contribution is -2.46. The lowest BCUT2D eigenvalue weighted by atomic mass is 9.96. The lowest BCUT2D eigenvalue weighted by molar-refractivity contribution is -0.126. The van der Waals surface area contributed by atoms with E-state index >= 15 is 0 Å². The Morgan fingerprint density at radius 1 is 1.14 bits per heavy atom. The molecule has 0 saturated carbocycles. The van der Waals surface area contributed by atoms with E-state index in [9.17, 15) is 9.59 Å². The third-order valence-corrected chi connectivity index (χ3v) is 5.12. The Balaban J connectivity index is 1.38. The van der Waals surface area contributed by atoms with E-state index in [-0.39, 0.29) is 17.9 Å². The molecular weight excluding hydrogens is 356 g/mol. The molecule has 3 amide bonds. The van der Waals surface area contributed by atoms with Gasteiger partial charge in [-0.25, -0.2) is 4.79 Å². The summed E-state index contributed by atoms with van der Waals surface area (Å²) in [4.78, 5) is 26.5. The molecule has 0 radical (unpaired) electrons. The van der Waals surface area contributed by atoms with Gasteiger partial charge < -0.3 is 20.1 Å². The monoisotopic (exact) mass is 384 g/mol. The maximum Gasteiger partial charge on any atom is 0.317 e. The van der Waals surface area contributed by atoms with Crippen LogP contribution in [0.2, 0.25) is 0 Å². The van der Waals surface area contributed by atoms with Crippen LogP contribution in [-0.4, -0.2) is 35.1 Å². The standard InChI is InChI=1S/C21H28N4O3/c1-3-18-12-19(28-24-18)14-23-21(27)25-10-8-17(9-11-25)20(26)22-13-16-6-4-15(2)5-7-16/h4-7,12,17H,3,8-11,13-14H2,1-2H3,(H,22,26)(H,23,27). The fraction of sp³-hybridized carbons (Fsp3) is 0.476. The zero-order chi connectivity index (χ0) is 19.9. The molecule has 1 aromatic carbocycles. The first-order valence-electron chi connectivity index (χ1n) is 9.85. The van der Waals surface area contributed by atoms with E-state index in [1.165, 1.54) is 5.56 Å². The molecule has 2 N–H and O–H groups in total. The second-order valence-electron chi connectivity index (χ2n) is 7.26. The van der Waals surface area contributed by atoms with E-state index in [2.05, 4.69) is 15.8 Å². The highest BCUT2D eigenvalue weighted by molar-refractivity contribution is 5.79. The molecule has 0 bridgehead atoms. The van der Waals surface area contributed by atoms with Crippen molar-refractivity contribution in [1.29, 1.82) is 0 Å². The zero-order valence-electron chi connectivity index (χ0n) is 16.5. The average molecular weight is 384 g/mol. The molecule has 0 aliphatic carbocycles. The van der Waals surface area contributed by atoms with Crippen molar-refractivity contribution in [2.45, 2.75) is 46.2 Å². The lowest BCUT2D eigenvalue weighted by Gasteiger charge is -2.31. The van der Waals surface area contributed by atoms with Gasteiger partial charge in [-0.3, -0.25) is 4.79 Å². The molecule has 28 heavy (non-hydrogen) atoms. The molecule has 1 fully saturated rings. The van der Waals surface area contributed by atoms with Gasteiger partial charge in [-0.2, -0.15) is 0 Å². The number of likely N-dealkylation sites (tertiary alicyclic amines) is 1. The Morgan fingerprint density at radius 2 is 1.86 bits per heavy atom. The first-order chi connectivity index (χ1) is 13.5. The molecule has 1 aliphatic heterocycles. The number of urea groups is 1. The average Bonchev–Trinajstić information content (AvgIpc) is 3.19. The highest BCUT2D eigenvalue weighted by Gasteiger charge is 2.27.